The number of aromatic nitrogens is 1. The first-order chi connectivity index (χ1) is 14.6. The molecule has 0 spiro atoms. The van der Waals surface area contributed by atoms with E-state index in [-0.39, 0.29) is 11.5 Å². The van der Waals surface area contributed by atoms with Gasteiger partial charge in [-0.25, -0.2) is 4.39 Å². The lowest BCUT2D eigenvalue weighted by atomic mass is 9.77. The summed E-state index contributed by atoms with van der Waals surface area (Å²) >= 11 is 0. The lowest BCUT2D eigenvalue weighted by molar-refractivity contribution is -0.105. The van der Waals surface area contributed by atoms with E-state index in [1.54, 1.807) is 32.0 Å². The van der Waals surface area contributed by atoms with Gasteiger partial charge in [-0.05, 0) is 74.8 Å². The van der Waals surface area contributed by atoms with Crippen molar-refractivity contribution < 1.29 is 19.1 Å². The van der Waals surface area contributed by atoms with Gasteiger partial charge < -0.3 is 21.1 Å². The number of carbonyl (C=O) groups is 2. The number of hydrogen-bond donors (Lipinski definition) is 4. The summed E-state index contributed by atoms with van der Waals surface area (Å²) in [6.07, 6.45) is 2.57. The number of aryl methyl sites for hydroxylation is 1. The fourth-order valence-electron chi connectivity index (χ4n) is 4.76. The van der Waals surface area contributed by atoms with Crippen LogP contribution in [0.15, 0.2) is 24.3 Å². The van der Waals surface area contributed by atoms with Crippen molar-refractivity contribution in [1.82, 2.24) is 4.98 Å². The molecular weight excluding hydrogens is 397 g/mol. The predicted molar refractivity (Wildman–Crippen MR) is 118 cm³/mol. The quantitative estimate of drug-likeness (QED) is 0.468. The van der Waals surface area contributed by atoms with Crippen molar-refractivity contribution in [3.63, 3.8) is 0 Å². The molecule has 0 aliphatic heterocycles. The summed E-state index contributed by atoms with van der Waals surface area (Å²) in [6, 6.07) is 6.48. The Hall–Kier alpha value is -3.19. The highest BCUT2D eigenvalue weighted by molar-refractivity contribution is 6.11. The first-order valence-electron chi connectivity index (χ1n) is 10.3. The summed E-state index contributed by atoms with van der Waals surface area (Å²) in [5, 5.41) is 13.8. The topological polar surface area (TPSA) is 108 Å². The number of halogens is 1. The molecule has 1 unspecified atom stereocenters. The lowest BCUT2D eigenvalue weighted by Gasteiger charge is -2.32. The smallest absolute Gasteiger partial charge is 0.250 e. The number of amides is 2. The fourth-order valence-corrected chi connectivity index (χ4v) is 4.76. The second-order valence-electron chi connectivity index (χ2n) is 8.81. The molecule has 1 atom stereocenters. The van der Waals surface area contributed by atoms with E-state index in [1.807, 2.05) is 6.92 Å². The number of fused-ring (bicyclic) bond motifs is 3. The zero-order chi connectivity index (χ0) is 22.5. The van der Waals surface area contributed by atoms with E-state index >= 15 is 4.39 Å². The van der Waals surface area contributed by atoms with Crippen molar-refractivity contribution in [3.8, 4) is 11.1 Å². The summed E-state index contributed by atoms with van der Waals surface area (Å²) in [5.74, 6) is -1.21. The van der Waals surface area contributed by atoms with E-state index < -0.39 is 17.3 Å². The maximum Gasteiger partial charge on any atom is 0.250 e. The van der Waals surface area contributed by atoms with Crippen LogP contribution in [-0.4, -0.2) is 28.0 Å². The van der Waals surface area contributed by atoms with E-state index in [4.69, 9.17) is 5.73 Å². The maximum absolute atomic E-state index is 15.5. The zero-order valence-electron chi connectivity index (χ0n) is 17.8. The Morgan fingerprint density at radius 3 is 2.77 bits per heavy atom. The highest BCUT2D eigenvalue weighted by atomic mass is 19.1. The third-order valence-electron chi connectivity index (χ3n) is 6.50. The number of H-pyrrole nitrogens is 1. The summed E-state index contributed by atoms with van der Waals surface area (Å²) in [4.78, 5) is 26.4. The largest absolute Gasteiger partial charge is 0.390 e. The number of aromatic amines is 1. The van der Waals surface area contributed by atoms with E-state index in [2.05, 4.69) is 10.3 Å². The van der Waals surface area contributed by atoms with Gasteiger partial charge in [0.2, 0.25) is 6.41 Å². The molecule has 0 bridgehead atoms. The summed E-state index contributed by atoms with van der Waals surface area (Å²) in [7, 11) is 0. The minimum atomic E-state index is -0.846. The maximum atomic E-state index is 15.5. The number of carbonyl (C=O) groups excluding carboxylic acids is 2. The van der Waals surface area contributed by atoms with Gasteiger partial charge in [0.05, 0.1) is 16.7 Å². The second kappa shape index (κ2) is 7.50. The van der Waals surface area contributed by atoms with Gasteiger partial charge in [-0.15, -0.1) is 0 Å². The first-order valence-corrected chi connectivity index (χ1v) is 10.3. The Morgan fingerprint density at radius 2 is 2.13 bits per heavy atom. The molecule has 0 fully saturated rings. The fraction of sp³-hybridized carbons (Fsp3) is 0.333. The van der Waals surface area contributed by atoms with Crippen LogP contribution in [0.4, 0.5) is 10.1 Å². The van der Waals surface area contributed by atoms with Crippen LogP contribution in [-0.2, 0) is 17.6 Å². The van der Waals surface area contributed by atoms with Gasteiger partial charge in [0, 0.05) is 22.3 Å². The normalized spacial score (nSPS) is 16.2. The van der Waals surface area contributed by atoms with E-state index in [0.717, 1.165) is 23.2 Å². The van der Waals surface area contributed by atoms with E-state index in [9.17, 15) is 14.7 Å². The Balaban J connectivity index is 2.02. The van der Waals surface area contributed by atoms with Crippen LogP contribution in [0.5, 0.6) is 0 Å². The van der Waals surface area contributed by atoms with Crippen LogP contribution in [0, 0.1) is 18.7 Å². The highest BCUT2D eigenvalue weighted by Crippen LogP contribution is 2.43. The third kappa shape index (κ3) is 3.49. The van der Waals surface area contributed by atoms with Crippen LogP contribution in [0.2, 0.25) is 0 Å². The molecule has 1 heterocycles. The summed E-state index contributed by atoms with van der Waals surface area (Å²) in [5.41, 5.74) is 9.50. The molecule has 1 aliphatic carbocycles. The molecule has 2 aromatic carbocycles. The molecule has 0 radical (unpaired) electrons. The average Bonchev–Trinajstić information content (AvgIpc) is 3.07. The van der Waals surface area contributed by atoms with Crippen molar-refractivity contribution in [2.45, 2.75) is 45.6 Å². The van der Waals surface area contributed by atoms with Crippen LogP contribution in [0.3, 0.4) is 0 Å². The van der Waals surface area contributed by atoms with Gasteiger partial charge in [0.1, 0.15) is 5.82 Å². The number of anilines is 1. The molecule has 0 saturated heterocycles. The number of aliphatic hydroxyl groups is 1. The molecule has 1 aliphatic rings. The second-order valence-corrected chi connectivity index (χ2v) is 8.81. The molecule has 6 nitrogen and oxygen atoms in total. The van der Waals surface area contributed by atoms with Crippen molar-refractivity contribution >= 4 is 28.9 Å². The van der Waals surface area contributed by atoms with Crippen LogP contribution < -0.4 is 11.1 Å². The number of nitrogens with two attached hydrogens (primary N) is 1. The van der Waals surface area contributed by atoms with Crippen LogP contribution in [0.1, 0.15) is 47.4 Å². The van der Waals surface area contributed by atoms with Gasteiger partial charge in [0.15, 0.2) is 0 Å². The minimum absolute atomic E-state index is 0.0419. The number of hydrogen-bond acceptors (Lipinski definition) is 3. The van der Waals surface area contributed by atoms with Gasteiger partial charge in [0.25, 0.3) is 5.91 Å². The monoisotopic (exact) mass is 423 g/mol. The van der Waals surface area contributed by atoms with Gasteiger partial charge >= 0.3 is 0 Å². The summed E-state index contributed by atoms with van der Waals surface area (Å²) < 4.78 is 15.5. The Labute approximate surface area is 179 Å². The van der Waals surface area contributed by atoms with Crippen molar-refractivity contribution in [2.75, 3.05) is 5.32 Å². The van der Waals surface area contributed by atoms with Gasteiger partial charge in [-0.3, -0.25) is 9.59 Å². The number of primary amides is 1. The van der Waals surface area contributed by atoms with Crippen molar-refractivity contribution in [2.24, 2.45) is 11.7 Å². The third-order valence-corrected chi connectivity index (χ3v) is 6.50. The highest BCUT2D eigenvalue weighted by Gasteiger charge is 2.34. The Kier molecular flexibility index (Phi) is 5.09. The van der Waals surface area contributed by atoms with E-state index in [0.29, 0.717) is 47.0 Å². The van der Waals surface area contributed by atoms with Gasteiger partial charge in [-0.2, -0.15) is 0 Å². The van der Waals surface area contributed by atoms with E-state index in [1.165, 1.54) is 6.07 Å². The molecular formula is C24H26FN3O3. The molecule has 2 amide bonds. The predicted octanol–water partition coefficient (Wildman–Crippen LogP) is 3.83. The molecule has 3 aromatic rings. The molecule has 31 heavy (non-hydrogen) atoms. The Bertz CT molecular complexity index is 1210. The standard InChI is InChI=1S/C24H26FN3O3/c1-12-14(5-4-6-18(12)27-11-29)20-17(25)10-16(23(26)30)22-21(20)15-8-7-13(24(2,3)31)9-19(15)28-22/h4-6,10-11,13,28,31H,7-9H2,1-3H3,(H2,26,30)(H,27,29). The average molecular weight is 423 g/mol. The first kappa shape index (κ1) is 21.1. The Morgan fingerprint density at radius 1 is 1.39 bits per heavy atom. The van der Waals surface area contributed by atoms with Crippen molar-refractivity contribution in [3.05, 3.63) is 52.5 Å². The molecule has 0 saturated carbocycles. The number of nitrogens with one attached hydrogen (secondary N) is 2. The molecule has 1 aromatic heterocycles. The summed E-state index contributed by atoms with van der Waals surface area (Å²) in [6.45, 7) is 5.40. The van der Waals surface area contributed by atoms with Crippen molar-refractivity contribution in [1.29, 1.82) is 0 Å². The molecule has 4 rings (SSSR count). The molecule has 162 valence electrons. The number of rotatable bonds is 5. The zero-order valence-corrected chi connectivity index (χ0v) is 17.8. The SMILES string of the molecule is Cc1c(NC=O)cccc1-c1c(F)cc(C(N)=O)c2[nH]c3c(c12)CCC(C(C)(C)O)C3. The number of benzene rings is 2. The van der Waals surface area contributed by atoms with Gasteiger partial charge in [-0.1, -0.05) is 12.1 Å². The van der Waals surface area contributed by atoms with Crippen LogP contribution >= 0.6 is 0 Å². The minimum Gasteiger partial charge on any atom is -0.390 e. The molecule has 7 heteroatoms. The lowest BCUT2D eigenvalue weighted by Crippen LogP contribution is -2.34. The molecule has 5 N–H and O–H groups in total. The van der Waals surface area contributed by atoms with Crippen LogP contribution in [0.25, 0.3) is 22.0 Å².